The van der Waals surface area contributed by atoms with Crippen molar-refractivity contribution < 1.29 is 42.1 Å². The van der Waals surface area contributed by atoms with Gasteiger partial charge >= 0.3 is 0 Å². The van der Waals surface area contributed by atoms with Crippen molar-refractivity contribution >= 4 is 32.6 Å². The van der Waals surface area contributed by atoms with Crippen molar-refractivity contribution in [3.05, 3.63) is 47.8 Å². The molecular formula is C22H23ClN2O5. The molecule has 1 saturated heterocycles. The van der Waals surface area contributed by atoms with E-state index in [0.717, 1.165) is 43.7 Å². The summed E-state index contributed by atoms with van der Waals surface area (Å²) in [5.41, 5.74) is 4.11. The number of phenolic OH excluding ortho intramolecular Hbond substituents is 1. The maximum atomic E-state index is 10.4. The van der Waals surface area contributed by atoms with E-state index >= 15 is 0 Å². The SMILES string of the molecule is Cc1c2cc[n+]([C@@H]3OC[C@@H](O)[C@H](O)[C@@H]3O)cc2c(C)c2c1[nH]c1ccc(O)cc12.[Cl-]. The van der Waals surface area contributed by atoms with E-state index in [0.29, 0.717) is 0 Å². The fraction of sp³-hybridized carbons (Fsp3) is 0.318. The Kier molecular flexibility index (Phi) is 5.12. The Bertz CT molecular complexity index is 1270. The molecule has 0 saturated carbocycles. The zero-order chi connectivity index (χ0) is 20.4. The van der Waals surface area contributed by atoms with Gasteiger partial charge in [-0.15, -0.1) is 0 Å². The standard InChI is InChI=1S/C22H22N2O5.ClH/c1-10-15-8-24(22-21(28)20(27)17(26)9-29-22)6-5-13(15)11(2)19-18(10)14-7-12(25)3-4-16(14)23-19;/h3-8,17,20-22,25-28H,9H2,1-2H3;1H/t17-,20+,21+,22-;/m1./s1. The van der Waals surface area contributed by atoms with Gasteiger partial charge in [0.05, 0.1) is 12.1 Å². The predicted molar refractivity (Wildman–Crippen MR) is 108 cm³/mol. The predicted octanol–water partition coefficient (Wildman–Crippen LogP) is -1.30. The minimum absolute atomic E-state index is 0. The van der Waals surface area contributed by atoms with Crippen LogP contribution in [0.3, 0.4) is 0 Å². The number of nitrogens with zero attached hydrogens (tertiary/aromatic N) is 1. The number of phenols is 1. The van der Waals surface area contributed by atoms with Gasteiger partial charge in [0.25, 0.3) is 6.23 Å². The maximum Gasteiger partial charge on any atom is 0.291 e. The van der Waals surface area contributed by atoms with Crippen molar-refractivity contribution in [2.45, 2.75) is 38.4 Å². The van der Waals surface area contributed by atoms with Gasteiger partial charge in [0, 0.05) is 27.7 Å². The summed E-state index contributed by atoms with van der Waals surface area (Å²) in [5.74, 6) is 0.213. The molecule has 158 valence electrons. The summed E-state index contributed by atoms with van der Waals surface area (Å²) in [6, 6.07) is 7.26. The first-order valence-corrected chi connectivity index (χ1v) is 9.60. The van der Waals surface area contributed by atoms with E-state index in [2.05, 4.69) is 11.9 Å². The summed E-state index contributed by atoms with van der Waals surface area (Å²) < 4.78 is 7.33. The third kappa shape index (κ3) is 2.93. The van der Waals surface area contributed by atoms with E-state index in [1.807, 2.05) is 31.5 Å². The van der Waals surface area contributed by atoms with Crippen LogP contribution >= 0.6 is 0 Å². The number of halogens is 1. The van der Waals surface area contributed by atoms with Gasteiger partial charge in [0.15, 0.2) is 18.5 Å². The van der Waals surface area contributed by atoms with Crippen molar-refractivity contribution in [3.63, 3.8) is 0 Å². The number of rotatable bonds is 1. The third-order valence-corrected chi connectivity index (χ3v) is 6.09. The Morgan fingerprint density at radius 3 is 2.53 bits per heavy atom. The molecule has 2 aromatic carbocycles. The van der Waals surface area contributed by atoms with Crippen LogP contribution in [0.15, 0.2) is 36.7 Å². The highest BCUT2D eigenvalue weighted by Crippen LogP contribution is 2.37. The molecule has 1 aliphatic rings. The number of hydrogen-bond acceptors (Lipinski definition) is 5. The number of aliphatic hydroxyl groups excluding tert-OH is 3. The van der Waals surface area contributed by atoms with Crippen molar-refractivity contribution in [2.24, 2.45) is 0 Å². The monoisotopic (exact) mass is 430 g/mol. The molecular weight excluding hydrogens is 408 g/mol. The van der Waals surface area contributed by atoms with Gasteiger partial charge in [-0.3, -0.25) is 0 Å². The van der Waals surface area contributed by atoms with Gasteiger partial charge in [0.2, 0.25) is 0 Å². The van der Waals surface area contributed by atoms with Gasteiger partial charge in [-0.05, 0) is 48.6 Å². The van der Waals surface area contributed by atoms with Crippen LogP contribution in [-0.2, 0) is 4.74 Å². The van der Waals surface area contributed by atoms with Crippen LogP contribution in [0.25, 0.3) is 32.6 Å². The summed E-state index contributed by atoms with van der Waals surface area (Å²) in [6.45, 7) is 4.03. The molecule has 4 atom stereocenters. The maximum absolute atomic E-state index is 10.4. The van der Waals surface area contributed by atoms with Crippen LogP contribution in [-0.4, -0.2) is 50.3 Å². The molecule has 4 aromatic rings. The normalized spacial score (nSPS) is 24.4. The Morgan fingerprint density at radius 1 is 1.00 bits per heavy atom. The first-order chi connectivity index (χ1) is 13.9. The minimum Gasteiger partial charge on any atom is -1.00 e. The molecule has 8 heteroatoms. The topological polar surface area (TPSA) is 110 Å². The van der Waals surface area contributed by atoms with Crippen LogP contribution in [0.5, 0.6) is 5.75 Å². The average molecular weight is 431 g/mol. The highest BCUT2D eigenvalue weighted by Gasteiger charge is 2.43. The Labute approximate surface area is 178 Å². The van der Waals surface area contributed by atoms with Crippen LogP contribution in [0.1, 0.15) is 17.4 Å². The molecule has 7 nitrogen and oxygen atoms in total. The number of aryl methyl sites for hydroxylation is 2. The quantitative estimate of drug-likeness (QED) is 0.241. The van der Waals surface area contributed by atoms with Gasteiger partial charge in [-0.2, -0.15) is 4.57 Å². The second-order valence-corrected chi connectivity index (χ2v) is 7.85. The lowest BCUT2D eigenvalue weighted by Gasteiger charge is -2.31. The van der Waals surface area contributed by atoms with Crippen LogP contribution in [0.4, 0.5) is 0 Å². The van der Waals surface area contributed by atoms with Crippen LogP contribution in [0, 0.1) is 13.8 Å². The summed E-state index contributed by atoms with van der Waals surface area (Å²) in [6.07, 6.45) is -0.690. The number of fused-ring (bicyclic) bond motifs is 4. The van der Waals surface area contributed by atoms with Crippen LogP contribution in [0.2, 0.25) is 0 Å². The van der Waals surface area contributed by atoms with Gasteiger partial charge in [0.1, 0.15) is 18.0 Å². The summed E-state index contributed by atoms with van der Waals surface area (Å²) in [4.78, 5) is 3.46. The summed E-state index contributed by atoms with van der Waals surface area (Å²) in [5, 5.41) is 44.1. The van der Waals surface area contributed by atoms with Crippen molar-refractivity contribution in [1.29, 1.82) is 0 Å². The van der Waals surface area contributed by atoms with Crippen molar-refractivity contribution in [1.82, 2.24) is 4.98 Å². The molecule has 3 heterocycles. The number of nitrogens with one attached hydrogen (secondary N) is 1. The van der Waals surface area contributed by atoms with Crippen molar-refractivity contribution in [2.75, 3.05) is 6.61 Å². The molecule has 5 N–H and O–H groups in total. The smallest absolute Gasteiger partial charge is 0.291 e. The number of pyridine rings is 1. The lowest BCUT2D eigenvalue weighted by molar-refractivity contribution is -0.774. The van der Waals surface area contributed by atoms with E-state index in [4.69, 9.17) is 4.74 Å². The van der Waals surface area contributed by atoms with E-state index in [-0.39, 0.29) is 24.8 Å². The molecule has 1 aliphatic heterocycles. The highest BCUT2D eigenvalue weighted by atomic mass is 35.5. The zero-order valence-corrected chi connectivity index (χ0v) is 17.3. The number of benzene rings is 2. The first-order valence-electron chi connectivity index (χ1n) is 9.60. The van der Waals surface area contributed by atoms with Crippen LogP contribution < -0.4 is 17.0 Å². The molecule has 0 spiro atoms. The molecule has 0 amide bonds. The largest absolute Gasteiger partial charge is 1.00 e. The number of hydrogen-bond donors (Lipinski definition) is 5. The van der Waals surface area contributed by atoms with Gasteiger partial charge in [-0.1, -0.05) is 0 Å². The summed E-state index contributed by atoms with van der Waals surface area (Å²) in [7, 11) is 0. The molecule has 5 rings (SSSR count). The third-order valence-electron chi connectivity index (χ3n) is 6.09. The number of aromatic hydroxyl groups is 1. The molecule has 0 bridgehead atoms. The highest BCUT2D eigenvalue weighted by molar-refractivity contribution is 6.16. The molecule has 2 aromatic heterocycles. The van der Waals surface area contributed by atoms with E-state index in [9.17, 15) is 20.4 Å². The lowest BCUT2D eigenvalue weighted by Crippen LogP contribution is -3.00. The number of H-pyrrole nitrogens is 1. The number of aromatic nitrogens is 2. The Balaban J connectivity index is 0.00000218. The number of aliphatic hydroxyl groups is 3. The van der Waals surface area contributed by atoms with Crippen molar-refractivity contribution in [3.8, 4) is 5.75 Å². The summed E-state index contributed by atoms with van der Waals surface area (Å²) >= 11 is 0. The fourth-order valence-electron chi connectivity index (χ4n) is 4.47. The first kappa shape index (κ1) is 20.8. The number of ether oxygens (including phenoxy) is 1. The Morgan fingerprint density at radius 2 is 1.77 bits per heavy atom. The zero-order valence-electron chi connectivity index (χ0n) is 16.5. The molecule has 0 radical (unpaired) electrons. The second-order valence-electron chi connectivity index (χ2n) is 7.85. The second kappa shape index (κ2) is 7.37. The molecule has 30 heavy (non-hydrogen) atoms. The Hall–Kier alpha value is -2.42. The van der Waals surface area contributed by atoms with E-state index in [1.54, 1.807) is 16.7 Å². The lowest BCUT2D eigenvalue weighted by atomic mass is 9.96. The average Bonchev–Trinajstić information content (AvgIpc) is 3.09. The molecule has 1 fully saturated rings. The van der Waals surface area contributed by atoms with Gasteiger partial charge in [-0.25, -0.2) is 0 Å². The van der Waals surface area contributed by atoms with E-state index < -0.39 is 24.5 Å². The number of aromatic amines is 1. The van der Waals surface area contributed by atoms with E-state index in [1.165, 1.54) is 0 Å². The van der Waals surface area contributed by atoms with Gasteiger partial charge < -0.3 is 42.6 Å². The minimum atomic E-state index is -1.26. The fourth-order valence-corrected chi connectivity index (χ4v) is 4.47. The molecule has 0 aliphatic carbocycles. The molecule has 0 unspecified atom stereocenters.